The van der Waals surface area contributed by atoms with Crippen LogP contribution in [0.25, 0.3) is 0 Å². The molecule has 0 bridgehead atoms. The number of halogens is 3. The lowest BCUT2D eigenvalue weighted by molar-refractivity contribution is -0.141. The van der Waals surface area contributed by atoms with Gasteiger partial charge in [0.25, 0.3) is 0 Å². The van der Waals surface area contributed by atoms with Crippen molar-refractivity contribution in [3.05, 3.63) is 29.1 Å². The molecule has 1 aromatic heterocycles. The van der Waals surface area contributed by atoms with Crippen molar-refractivity contribution in [1.82, 2.24) is 4.98 Å². The van der Waals surface area contributed by atoms with Crippen LogP contribution in [0.15, 0.2) is 12.1 Å². The third-order valence-electron chi connectivity index (χ3n) is 1.64. The van der Waals surface area contributed by atoms with Crippen LogP contribution in [0, 0.1) is 11.3 Å². The standard InChI is InChI=1S/C9H5F3N2O2/c1-16-8(15)6-2-5(4-13)3-7(14-6)9(10,11)12/h2-3H,1H3. The summed E-state index contributed by atoms with van der Waals surface area (Å²) in [4.78, 5) is 14.1. The van der Waals surface area contributed by atoms with E-state index in [9.17, 15) is 18.0 Å². The van der Waals surface area contributed by atoms with Gasteiger partial charge in [-0.3, -0.25) is 0 Å². The Morgan fingerprint density at radius 2 is 2.12 bits per heavy atom. The van der Waals surface area contributed by atoms with Gasteiger partial charge in [-0.15, -0.1) is 0 Å². The lowest BCUT2D eigenvalue weighted by atomic mass is 10.2. The molecule has 0 N–H and O–H groups in total. The highest BCUT2D eigenvalue weighted by Crippen LogP contribution is 2.28. The number of nitrogens with zero attached hydrogens (tertiary/aromatic N) is 2. The highest BCUT2D eigenvalue weighted by atomic mass is 19.4. The quantitative estimate of drug-likeness (QED) is 0.689. The molecule has 0 amide bonds. The molecule has 1 rings (SSSR count). The summed E-state index contributed by atoms with van der Waals surface area (Å²) >= 11 is 0. The van der Waals surface area contributed by atoms with E-state index in [-0.39, 0.29) is 5.56 Å². The normalized spacial score (nSPS) is 10.7. The molecule has 1 aromatic rings. The number of carbonyl (C=O) groups is 1. The van der Waals surface area contributed by atoms with Crippen molar-refractivity contribution in [2.75, 3.05) is 7.11 Å². The fraction of sp³-hybridized carbons (Fsp3) is 0.222. The predicted octanol–water partition coefficient (Wildman–Crippen LogP) is 1.76. The molecule has 0 saturated carbocycles. The smallest absolute Gasteiger partial charge is 0.433 e. The van der Waals surface area contributed by atoms with E-state index < -0.39 is 23.5 Å². The summed E-state index contributed by atoms with van der Waals surface area (Å²) in [6.07, 6.45) is -4.71. The highest BCUT2D eigenvalue weighted by Gasteiger charge is 2.33. The highest BCUT2D eigenvalue weighted by molar-refractivity contribution is 5.87. The van der Waals surface area contributed by atoms with Gasteiger partial charge in [0.15, 0.2) is 0 Å². The van der Waals surface area contributed by atoms with Crippen LogP contribution in [-0.4, -0.2) is 18.1 Å². The molecular weight excluding hydrogens is 225 g/mol. The maximum absolute atomic E-state index is 12.3. The number of hydrogen-bond donors (Lipinski definition) is 0. The number of pyridine rings is 1. The van der Waals surface area contributed by atoms with Crippen molar-refractivity contribution >= 4 is 5.97 Å². The first-order valence-electron chi connectivity index (χ1n) is 3.96. The van der Waals surface area contributed by atoms with E-state index >= 15 is 0 Å². The zero-order valence-electron chi connectivity index (χ0n) is 8.00. The molecule has 0 aromatic carbocycles. The molecule has 0 unspecified atom stereocenters. The van der Waals surface area contributed by atoms with Gasteiger partial charge in [-0.05, 0) is 12.1 Å². The van der Waals surface area contributed by atoms with E-state index in [2.05, 4.69) is 9.72 Å². The minimum atomic E-state index is -4.71. The van der Waals surface area contributed by atoms with Crippen LogP contribution in [0.3, 0.4) is 0 Å². The van der Waals surface area contributed by atoms with Crippen molar-refractivity contribution in [2.45, 2.75) is 6.18 Å². The van der Waals surface area contributed by atoms with E-state index in [4.69, 9.17) is 5.26 Å². The van der Waals surface area contributed by atoms with Crippen molar-refractivity contribution in [3.8, 4) is 6.07 Å². The van der Waals surface area contributed by atoms with Crippen molar-refractivity contribution in [1.29, 1.82) is 5.26 Å². The SMILES string of the molecule is COC(=O)c1cc(C#N)cc(C(F)(F)F)n1. The van der Waals surface area contributed by atoms with Crippen LogP contribution in [0.4, 0.5) is 13.2 Å². The van der Waals surface area contributed by atoms with Gasteiger partial charge in [-0.1, -0.05) is 0 Å². The first-order valence-corrected chi connectivity index (χ1v) is 3.96. The number of aromatic nitrogens is 1. The minimum absolute atomic E-state index is 0.303. The number of methoxy groups -OCH3 is 1. The zero-order valence-corrected chi connectivity index (χ0v) is 8.00. The lowest BCUT2D eigenvalue weighted by Gasteiger charge is -2.07. The second kappa shape index (κ2) is 4.18. The predicted molar refractivity (Wildman–Crippen MR) is 45.3 cm³/mol. The molecule has 0 aliphatic heterocycles. The maximum atomic E-state index is 12.3. The maximum Gasteiger partial charge on any atom is 0.433 e. The lowest BCUT2D eigenvalue weighted by Crippen LogP contribution is -2.13. The molecule has 84 valence electrons. The Kier molecular flexibility index (Phi) is 3.13. The summed E-state index contributed by atoms with van der Waals surface area (Å²) < 4.78 is 41.2. The second-order valence-electron chi connectivity index (χ2n) is 2.73. The van der Waals surface area contributed by atoms with Gasteiger partial charge in [-0.2, -0.15) is 18.4 Å². The van der Waals surface area contributed by atoms with Gasteiger partial charge in [0.05, 0.1) is 18.7 Å². The van der Waals surface area contributed by atoms with Gasteiger partial charge in [0.1, 0.15) is 11.4 Å². The number of ether oxygens (including phenoxy) is 1. The molecule has 4 nitrogen and oxygen atoms in total. The summed E-state index contributed by atoms with van der Waals surface area (Å²) in [5.41, 5.74) is -2.15. The molecule has 7 heteroatoms. The van der Waals surface area contributed by atoms with E-state index in [0.29, 0.717) is 6.07 Å². The summed E-state index contributed by atoms with van der Waals surface area (Å²) in [5.74, 6) is -1.03. The third kappa shape index (κ3) is 2.48. The number of esters is 1. The Morgan fingerprint density at radius 1 is 1.50 bits per heavy atom. The van der Waals surface area contributed by atoms with Gasteiger partial charge >= 0.3 is 12.1 Å². The van der Waals surface area contributed by atoms with Crippen LogP contribution in [0.2, 0.25) is 0 Å². The Morgan fingerprint density at radius 3 is 2.56 bits per heavy atom. The van der Waals surface area contributed by atoms with Crippen molar-refractivity contribution < 1.29 is 22.7 Å². The molecular formula is C9H5F3N2O2. The average Bonchev–Trinajstić information content (AvgIpc) is 2.26. The molecule has 0 aliphatic carbocycles. The summed E-state index contributed by atoms with van der Waals surface area (Å²) in [6.45, 7) is 0. The van der Waals surface area contributed by atoms with E-state index in [1.807, 2.05) is 0 Å². The summed E-state index contributed by atoms with van der Waals surface area (Å²) in [7, 11) is 1.01. The zero-order chi connectivity index (χ0) is 12.3. The molecule has 0 radical (unpaired) electrons. The van der Waals surface area contributed by atoms with Gasteiger partial charge < -0.3 is 4.74 Å². The Bertz CT molecular complexity index is 463. The van der Waals surface area contributed by atoms with Crippen molar-refractivity contribution in [2.24, 2.45) is 0 Å². The molecule has 0 atom stereocenters. The second-order valence-corrected chi connectivity index (χ2v) is 2.73. The number of carbonyl (C=O) groups excluding carboxylic acids is 1. The molecule has 0 saturated heterocycles. The molecule has 0 fully saturated rings. The number of alkyl halides is 3. The fourth-order valence-electron chi connectivity index (χ4n) is 0.949. The van der Waals surface area contributed by atoms with Crippen LogP contribution in [0.1, 0.15) is 21.7 Å². The number of hydrogen-bond acceptors (Lipinski definition) is 4. The van der Waals surface area contributed by atoms with Gasteiger partial charge in [-0.25, -0.2) is 9.78 Å². The number of nitriles is 1. The largest absolute Gasteiger partial charge is 0.464 e. The Balaban J connectivity index is 3.34. The molecule has 0 aliphatic rings. The van der Waals surface area contributed by atoms with E-state index in [1.54, 1.807) is 0 Å². The minimum Gasteiger partial charge on any atom is -0.464 e. The van der Waals surface area contributed by atoms with Crippen LogP contribution in [0.5, 0.6) is 0 Å². The van der Waals surface area contributed by atoms with Crippen LogP contribution < -0.4 is 0 Å². The Hall–Kier alpha value is -2.10. The van der Waals surface area contributed by atoms with Gasteiger partial charge in [0.2, 0.25) is 0 Å². The van der Waals surface area contributed by atoms with Crippen molar-refractivity contribution in [3.63, 3.8) is 0 Å². The third-order valence-corrected chi connectivity index (χ3v) is 1.64. The molecule has 0 spiro atoms. The van der Waals surface area contributed by atoms with E-state index in [1.165, 1.54) is 6.07 Å². The molecule has 1 heterocycles. The first kappa shape index (κ1) is 12.0. The first-order chi connectivity index (χ1) is 7.38. The van der Waals surface area contributed by atoms with Crippen LogP contribution >= 0.6 is 0 Å². The monoisotopic (exact) mass is 230 g/mol. The Labute approximate surface area is 88.3 Å². The number of rotatable bonds is 1. The fourth-order valence-corrected chi connectivity index (χ4v) is 0.949. The molecule has 16 heavy (non-hydrogen) atoms. The average molecular weight is 230 g/mol. The van der Waals surface area contributed by atoms with Gasteiger partial charge in [0, 0.05) is 0 Å². The summed E-state index contributed by atoms with van der Waals surface area (Å²) in [5, 5.41) is 8.51. The summed E-state index contributed by atoms with van der Waals surface area (Å²) in [6, 6.07) is 3.00. The van der Waals surface area contributed by atoms with E-state index in [0.717, 1.165) is 13.2 Å². The van der Waals surface area contributed by atoms with Crippen LogP contribution in [-0.2, 0) is 10.9 Å². The topological polar surface area (TPSA) is 63.0 Å².